The van der Waals surface area contributed by atoms with E-state index in [0.29, 0.717) is 6.04 Å². The van der Waals surface area contributed by atoms with E-state index in [-0.39, 0.29) is 0 Å². The Morgan fingerprint density at radius 2 is 1.88 bits per heavy atom. The van der Waals surface area contributed by atoms with E-state index in [2.05, 4.69) is 39.3 Å². The number of rotatable bonds is 6. The van der Waals surface area contributed by atoms with Gasteiger partial charge in [0.05, 0.1) is 0 Å². The first kappa shape index (κ1) is 17.6. The number of hydrogen-bond acceptors (Lipinski definition) is 6. The molecule has 0 amide bonds. The van der Waals surface area contributed by atoms with Crippen LogP contribution in [0, 0.1) is 0 Å². The Hall–Kier alpha value is -1.21. The molecule has 2 aromatic rings. The molecule has 0 bridgehead atoms. The first-order valence-electron chi connectivity index (χ1n) is 8.33. The predicted octanol–water partition coefficient (Wildman–Crippen LogP) is 2.83. The number of nitrogens with zero attached hydrogens (tertiary/aromatic N) is 4. The second kappa shape index (κ2) is 8.25. The number of benzene rings is 1. The molecular weight excluding hydrogens is 342 g/mol. The zero-order valence-corrected chi connectivity index (χ0v) is 15.8. The van der Waals surface area contributed by atoms with Gasteiger partial charge in [0.2, 0.25) is 5.13 Å². The van der Waals surface area contributed by atoms with Crippen LogP contribution in [-0.4, -0.2) is 65.8 Å². The van der Waals surface area contributed by atoms with Gasteiger partial charge in [-0.1, -0.05) is 35.1 Å². The maximum absolute atomic E-state index is 5.92. The van der Waals surface area contributed by atoms with Crippen molar-refractivity contribution in [2.45, 2.75) is 19.4 Å². The quantitative estimate of drug-likeness (QED) is 0.852. The van der Waals surface area contributed by atoms with Gasteiger partial charge in [0.15, 0.2) is 0 Å². The third-order valence-corrected chi connectivity index (χ3v) is 5.34. The summed E-state index contributed by atoms with van der Waals surface area (Å²) in [6, 6.07) is 8.26. The second-order valence-electron chi connectivity index (χ2n) is 6.45. The topological polar surface area (TPSA) is 44.3 Å². The van der Waals surface area contributed by atoms with Crippen molar-refractivity contribution in [2.75, 3.05) is 45.1 Å². The summed E-state index contributed by atoms with van der Waals surface area (Å²) in [6.07, 6.45) is 0.795. The molecule has 1 saturated heterocycles. The number of hydrogen-bond donors (Lipinski definition) is 1. The summed E-state index contributed by atoms with van der Waals surface area (Å²) in [6.45, 7) is 7.83. The van der Waals surface area contributed by atoms with Crippen molar-refractivity contribution in [3.8, 4) is 0 Å². The summed E-state index contributed by atoms with van der Waals surface area (Å²) in [7, 11) is 2.18. The van der Waals surface area contributed by atoms with E-state index in [1.807, 2.05) is 24.3 Å². The van der Waals surface area contributed by atoms with E-state index in [0.717, 1.165) is 54.3 Å². The number of anilines is 1. The third-order valence-electron chi connectivity index (χ3n) is 4.23. The molecule has 0 spiro atoms. The normalized spacial score (nSPS) is 17.8. The predicted molar refractivity (Wildman–Crippen MR) is 101 cm³/mol. The van der Waals surface area contributed by atoms with Crippen LogP contribution in [0.5, 0.6) is 0 Å². The molecule has 130 valence electrons. The standard InChI is InChI=1S/C17H24ClN5S/c1-13(12-23-9-7-22(2)8-10-23)19-17-21-20-16(24-17)11-14-3-5-15(18)6-4-14/h3-6,13H,7-12H2,1-2H3,(H,19,21). The maximum Gasteiger partial charge on any atom is 0.205 e. The minimum atomic E-state index is 0.365. The Kier molecular flexibility index (Phi) is 6.05. The second-order valence-corrected chi connectivity index (χ2v) is 7.95. The van der Waals surface area contributed by atoms with E-state index in [1.54, 1.807) is 11.3 Å². The molecule has 2 heterocycles. The monoisotopic (exact) mass is 365 g/mol. The van der Waals surface area contributed by atoms with Crippen LogP contribution in [0.15, 0.2) is 24.3 Å². The SMILES string of the molecule is CC(CN1CCN(C)CC1)Nc1nnc(Cc2ccc(Cl)cc2)s1. The van der Waals surface area contributed by atoms with E-state index in [1.165, 1.54) is 5.56 Å². The lowest BCUT2D eigenvalue weighted by Gasteiger charge is -2.33. The molecule has 0 radical (unpaired) electrons. The van der Waals surface area contributed by atoms with Crippen LogP contribution in [0.2, 0.25) is 5.02 Å². The van der Waals surface area contributed by atoms with Crippen LogP contribution < -0.4 is 5.32 Å². The summed E-state index contributed by atoms with van der Waals surface area (Å²) in [4.78, 5) is 4.88. The molecule has 1 atom stereocenters. The Labute approximate surface area is 152 Å². The molecule has 1 aromatic heterocycles. The van der Waals surface area contributed by atoms with Gasteiger partial charge in [0.25, 0.3) is 0 Å². The molecule has 1 aromatic carbocycles. The molecule has 1 aliphatic rings. The van der Waals surface area contributed by atoms with E-state index in [9.17, 15) is 0 Å². The number of likely N-dealkylation sites (N-methyl/N-ethyl adjacent to an activating group) is 1. The molecular formula is C17H24ClN5S. The van der Waals surface area contributed by atoms with Crippen LogP contribution in [0.3, 0.4) is 0 Å². The molecule has 3 rings (SSSR count). The van der Waals surface area contributed by atoms with Crippen molar-refractivity contribution < 1.29 is 0 Å². The summed E-state index contributed by atoms with van der Waals surface area (Å²) in [5.41, 5.74) is 1.20. The Morgan fingerprint density at radius 1 is 1.17 bits per heavy atom. The summed E-state index contributed by atoms with van der Waals surface area (Å²) >= 11 is 7.55. The molecule has 24 heavy (non-hydrogen) atoms. The molecule has 1 unspecified atom stereocenters. The number of aromatic nitrogens is 2. The van der Waals surface area contributed by atoms with Crippen LogP contribution in [0.1, 0.15) is 17.5 Å². The minimum absolute atomic E-state index is 0.365. The molecule has 1 fully saturated rings. The fourth-order valence-corrected chi connectivity index (χ4v) is 3.85. The highest BCUT2D eigenvalue weighted by Gasteiger charge is 2.16. The third kappa shape index (κ3) is 5.14. The highest BCUT2D eigenvalue weighted by molar-refractivity contribution is 7.15. The Balaban J connectivity index is 1.49. The molecule has 7 heteroatoms. The smallest absolute Gasteiger partial charge is 0.205 e. The molecule has 1 N–H and O–H groups in total. The largest absolute Gasteiger partial charge is 0.356 e. The van der Waals surface area contributed by atoms with Gasteiger partial charge in [-0.2, -0.15) is 0 Å². The Morgan fingerprint density at radius 3 is 2.58 bits per heavy atom. The minimum Gasteiger partial charge on any atom is -0.356 e. The van der Waals surface area contributed by atoms with Gasteiger partial charge in [0.1, 0.15) is 5.01 Å². The lowest BCUT2D eigenvalue weighted by Crippen LogP contribution is -2.47. The van der Waals surface area contributed by atoms with Crippen molar-refractivity contribution in [3.63, 3.8) is 0 Å². The Bertz CT molecular complexity index is 637. The van der Waals surface area contributed by atoms with Crippen molar-refractivity contribution in [1.29, 1.82) is 0 Å². The maximum atomic E-state index is 5.92. The van der Waals surface area contributed by atoms with Crippen LogP contribution in [0.25, 0.3) is 0 Å². The fraction of sp³-hybridized carbons (Fsp3) is 0.529. The van der Waals surface area contributed by atoms with Crippen molar-refractivity contribution in [2.24, 2.45) is 0 Å². The van der Waals surface area contributed by atoms with Crippen molar-refractivity contribution in [3.05, 3.63) is 39.9 Å². The lowest BCUT2D eigenvalue weighted by atomic mass is 10.2. The molecule has 1 aliphatic heterocycles. The van der Waals surface area contributed by atoms with E-state index < -0.39 is 0 Å². The zero-order chi connectivity index (χ0) is 16.9. The highest BCUT2D eigenvalue weighted by atomic mass is 35.5. The van der Waals surface area contributed by atoms with E-state index in [4.69, 9.17) is 11.6 Å². The average Bonchev–Trinajstić information content (AvgIpc) is 2.99. The van der Waals surface area contributed by atoms with Gasteiger partial charge in [-0.15, -0.1) is 10.2 Å². The molecule has 0 aliphatic carbocycles. The molecule has 5 nitrogen and oxygen atoms in total. The highest BCUT2D eigenvalue weighted by Crippen LogP contribution is 2.20. The first-order valence-corrected chi connectivity index (χ1v) is 9.52. The summed E-state index contributed by atoms with van der Waals surface area (Å²) < 4.78 is 0. The van der Waals surface area contributed by atoms with Crippen LogP contribution in [0.4, 0.5) is 5.13 Å². The van der Waals surface area contributed by atoms with Gasteiger partial charge < -0.3 is 10.2 Å². The van der Waals surface area contributed by atoms with Gasteiger partial charge >= 0.3 is 0 Å². The summed E-state index contributed by atoms with van der Waals surface area (Å²) in [5, 5.41) is 14.7. The van der Waals surface area contributed by atoms with Crippen molar-refractivity contribution in [1.82, 2.24) is 20.0 Å². The van der Waals surface area contributed by atoms with Gasteiger partial charge in [0, 0.05) is 50.2 Å². The average molecular weight is 366 g/mol. The number of piperazine rings is 1. The van der Waals surface area contributed by atoms with Crippen LogP contribution in [-0.2, 0) is 6.42 Å². The number of nitrogens with one attached hydrogen (secondary N) is 1. The molecule has 0 saturated carbocycles. The van der Waals surface area contributed by atoms with Gasteiger partial charge in [-0.05, 0) is 31.7 Å². The first-order chi connectivity index (χ1) is 11.6. The van der Waals surface area contributed by atoms with Gasteiger partial charge in [-0.25, -0.2) is 0 Å². The lowest BCUT2D eigenvalue weighted by molar-refractivity contribution is 0.151. The zero-order valence-electron chi connectivity index (χ0n) is 14.2. The summed E-state index contributed by atoms with van der Waals surface area (Å²) in [5.74, 6) is 0. The fourth-order valence-electron chi connectivity index (χ4n) is 2.83. The van der Waals surface area contributed by atoms with Gasteiger partial charge in [-0.3, -0.25) is 4.90 Å². The van der Waals surface area contributed by atoms with E-state index >= 15 is 0 Å². The van der Waals surface area contributed by atoms with Crippen molar-refractivity contribution >= 4 is 28.1 Å². The van der Waals surface area contributed by atoms with Crippen LogP contribution >= 0.6 is 22.9 Å². The number of halogens is 1.